The summed E-state index contributed by atoms with van der Waals surface area (Å²) in [4.78, 5) is 13.5. The first kappa shape index (κ1) is 21.6. The number of benzene rings is 2. The van der Waals surface area contributed by atoms with Crippen LogP contribution in [0.2, 0.25) is 0 Å². The highest BCUT2D eigenvalue weighted by Crippen LogP contribution is 2.30. The van der Waals surface area contributed by atoms with E-state index in [1.165, 1.54) is 6.07 Å². The molecular weight excluding hydrogens is 383 g/mol. The van der Waals surface area contributed by atoms with Crippen molar-refractivity contribution in [3.63, 3.8) is 0 Å². The van der Waals surface area contributed by atoms with Gasteiger partial charge in [0.1, 0.15) is 17.4 Å². The van der Waals surface area contributed by atoms with E-state index < -0.39 is 41.9 Å². The Morgan fingerprint density at radius 2 is 1.64 bits per heavy atom. The van der Waals surface area contributed by atoms with Crippen molar-refractivity contribution < 1.29 is 31.5 Å². The molecule has 0 saturated carbocycles. The van der Waals surface area contributed by atoms with Crippen LogP contribution in [0.4, 0.5) is 22.0 Å². The molecule has 1 amide bonds. The van der Waals surface area contributed by atoms with Crippen LogP contribution < -0.4 is 10.1 Å². The number of nitrogens with zero attached hydrogens (tertiary/aromatic N) is 1. The van der Waals surface area contributed by atoms with Crippen LogP contribution in [0.3, 0.4) is 0 Å². The van der Waals surface area contributed by atoms with Crippen LogP contribution in [0.5, 0.6) is 5.75 Å². The second kappa shape index (κ2) is 9.01. The molecule has 4 nitrogen and oxygen atoms in total. The Balaban J connectivity index is 1.93. The Bertz CT molecular complexity index is 787. The molecular formula is C19H19F5N2O2. The Kier molecular flexibility index (Phi) is 6.95. The quantitative estimate of drug-likeness (QED) is 0.717. The minimum atomic E-state index is -4.46. The van der Waals surface area contributed by atoms with Crippen molar-refractivity contribution in [2.24, 2.45) is 0 Å². The van der Waals surface area contributed by atoms with Gasteiger partial charge < -0.3 is 15.0 Å². The molecule has 1 unspecified atom stereocenters. The molecule has 0 aliphatic rings. The van der Waals surface area contributed by atoms with Gasteiger partial charge in [-0.2, -0.15) is 13.2 Å². The van der Waals surface area contributed by atoms with Crippen LogP contribution in [-0.4, -0.2) is 38.1 Å². The minimum absolute atomic E-state index is 0.0833. The topological polar surface area (TPSA) is 41.6 Å². The van der Waals surface area contributed by atoms with Crippen molar-refractivity contribution in [2.75, 3.05) is 27.2 Å². The number of alkyl halides is 3. The van der Waals surface area contributed by atoms with Crippen molar-refractivity contribution in [3.05, 3.63) is 65.2 Å². The fourth-order valence-electron chi connectivity index (χ4n) is 2.52. The van der Waals surface area contributed by atoms with Gasteiger partial charge >= 0.3 is 6.18 Å². The number of hydrogen-bond donors (Lipinski definition) is 1. The number of rotatable bonds is 7. The number of carbonyl (C=O) groups excluding carboxylic acids is 1. The van der Waals surface area contributed by atoms with Gasteiger partial charge in [0.25, 0.3) is 5.91 Å². The minimum Gasteiger partial charge on any atom is -0.484 e. The number of nitrogens with one attached hydrogen (secondary N) is 1. The molecule has 0 aliphatic carbocycles. The lowest BCUT2D eigenvalue weighted by molar-refractivity contribution is -0.137. The lowest BCUT2D eigenvalue weighted by Gasteiger charge is -2.25. The third-order valence-corrected chi connectivity index (χ3v) is 4.00. The Morgan fingerprint density at radius 3 is 2.14 bits per heavy atom. The molecule has 0 heterocycles. The van der Waals surface area contributed by atoms with Crippen molar-refractivity contribution in [2.45, 2.75) is 12.2 Å². The van der Waals surface area contributed by atoms with E-state index in [1.807, 2.05) is 0 Å². The van der Waals surface area contributed by atoms with Gasteiger partial charge in [0.15, 0.2) is 6.61 Å². The average molecular weight is 402 g/mol. The predicted octanol–water partition coefficient (Wildman–Crippen LogP) is 3.78. The van der Waals surface area contributed by atoms with Gasteiger partial charge in [0.2, 0.25) is 0 Å². The van der Waals surface area contributed by atoms with Gasteiger partial charge in [0, 0.05) is 12.1 Å². The molecule has 1 atom stereocenters. The molecule has 2 aromatic rings. The predicted molar refractivity (Wildman–Crippen MR) is 92.7 cm³/mol. The summed E-state index contributed by atoms with van der Waals surface area (Å²) in [6.07, 6.45) is -4.46. The van der Waals surface area contributed by atoms with Crippen molar-refractivity contribution in [3.8, 4) is 5.75 Å². The molecule has 152 valence electrons. The zero-order valence-corrected chi connectivity index (χ0v) is 15.2. The highest BCUT2D eigenvalue weighted by Gasteiger charge is 2.30. The SMILES string of the molecule is CN(C)C(CNC(=O)COc1ccc(C(F)(F)F)cc1)c1c(F)cccc1F. The standard InChI is InChI=1S/C19H19F5N2O2/c1-26(2)16(18-14(20)4-3-5-15(18)21)10-25-17(27)11-28-13-8-6-12(7-9-13)19(22,23)24/h3-9,16H,10-11H2,1-2H3,(H,25,27). The molecule has 0 fully saturated rings. The summed E-state index contributed by atoms with van der Waals surface area (Å²) < 4.78 is 70.6. The highest BCUT2D eigenvalue weighted by molar-refractivity contribution is 5.77. The molecule has 9 heteroatoms. The Hall–Kier alpha value is -2.68. The first-order valence-corrected chi connectivity index (χ1v) is 8.26. The third kappa shape index (κ3) is 5.66. The number of halogens is 5. The Labute approximate surface area is 158 Å². The second-order valence-corrected chi connectivity index (χ2v) is 6.23. The van der Waals surface area contributed by atoms with Gasteiger partial charge in [0.05, 0.1) is 11.6 Å². The van der Waals surface area contributed by atoms with E-state index in [-0.39, 0.29) is 17.9 Å². The number of carbonyl (C=O) groups is 1. The summed E-state index contributed by atoms with van der Waals surface area (Å²) in [6.45, 7) is -0.536. The summed E-state index contributed by atoms with van der Waals surface area (Å²) in [5.74, 6) is -1.95. The molecule has 0 saturated heterocycles. The summed E-state index contributed by atoms with van der Waals surface area (Å²) in [5.41, 5.74) is -0.999. The molecule has 0 aromatic heterocycles. The fourth-order valence-corrected chi connectivity index (χ4v) is 2.52. The normalized spacial score (nSPS) is 12.7. The molecule has 0 aliphatic heterocycles. The number of hydrogen-bond acceptors (Lipinski definition) is 3. The average Bonchev–Trinajstić information content (AvgIpc) is 2.61. The first-order valence-electron chi connectivity index (χ1n) is 8.26. The smallest absolute Gasteiger partial charge is 0.416 e. The molecule has 28 heavy (non-hydrogen) atoms. The van der Waals surface area contributed by atoms with E-state index in [1.54, 1.807) is 19.0 Å². The van der Waals surface area contributed by atoms with Gasteiger partial charge in [-0.3, -0.25) is 4.79 Å². The summed E-state index contributed by atoms with van der Waals surface area (Å²) in [6, 6.07) is 6.65. The maximum absolute atomic E-state index is 14.0. The van der Waals surface area contributed by atoms with Gasteiger partial charge in [-0.25, -0.2) is 8.78 Å². The van der Waals surface area contributed by atoms with Crippen LogP contribution >= 0.6 is 0 Å². The number of ether oxygens (including phenoxy) is 1. The molecule has 0 spiro atoms. The van der Waals surface area contributed by atoms with E-state index in [0.717, 1.165) is 36.4 Å². The fraction of sp³-hybridized carbons (Fsp3) is 0.316. The highest BCUT2D eigenvalue weighted by atomic mass is 19.4. The monoisotopic (exact) mass is 402 g/mol. The van der Waals surface area contributed by atoms with Crippen LogP contribution in [0.25, 0.3) is 0 Å². The van der Waals surface area contributed by atoms with Crippen molar-refractivity contribution in [1.82, 2.24) is 10.2 Å². The van der Waals surface area contributed by atoms with Gasteiger partial charge in [-0.05, 0) is 50.5 Å². The number of likely N-dealkylation sites (N-methyl/N-ethyl adjacent to an activating group) is 1. The van der Waals surface area contributed by atoms with E-state index >= 15 is 0 Å². The van der Waals surface area contributed by atoms with Crippen molar-refractivity contribution in [1.29, 1.82) is 0 Å². The maximum Gasteiger partial charge on any atom is 0.416 e. The van der Waals surface area contributed by atoms with Gasteiger partial charge in [-0.1, -0.05) is 6.07 Å². The zero-order chi connectivity index (χ0) is 20.9. The van der Waals surface area contributed by atoms with Crippen LogP contribution in [0, 0.1) is 11.6 Å². The summed E-state index contributed by atoms with van der Waals surface area (Å²) in [7, 11) is 3.23. The lowest BCUT2D eigenvalue weighted by Crippen LogP contribution is -2.37. The van der Waals surface area contributed by atoms with Crippen LogP contribution in [0.1, 0.15) is 17.2 Å². The van der Waals surface area contributed by atoms with E-state index in [2.05, 4.69) is 5.32 Å². The second-order valence-electron chi connectivity index (χ2n) is 6.23. The summed E-state index contributed by atoms with van der Waals surface area (Å²) >= 11 is 0. The molecule has 2 rings (SSSR count). The largest absolute Gasteiger partial charge is 0.484 e. The zero-order valence-electron chi connectivity index (χ0n) is 15.2. The Morgan fingerprint density at radius 1 is 1.07 bits per heavy atom. The molecule has 0 bridgehead atoms. The van der Waals surface area contributed by atoms with Gasteiger partial charge in [-0.15, -0.1) is 0 Å². The van der Waals surface area contributed by atoms with E-state index in [0.29, 0.717) is 0 Å². The van der Waals surface area contributed by atoms with E-state index in [4.69, 9.17) is 4.74 Å². The maximum atomic E-state index is 14.0. The first-order chi connectivity index (χ1) is 13.1. The molecule has 0 radical (unpaired) electrons. The third-order valence-electron chi connectivity index (χ3n) is 4.00. The number of amides is 1. The van der Waals surface area contributed by atoms with Crippen LogP contribution in [-0.2, 0) is 11.0 Å². The van der Waals surface area contributed by atoms with E-state index in [9.17, 15) is 26.7 Å². The molecule has 2 aromatic carbocycles. The summed E-state index contributed by atoms with van der Waals surface area (Å²) in [5, 5.41) is 2.50. The van der Waals surface area contributed by atoms with Crippen molar-refractivity contribution >= 4 is 5.91 Å². The van der Waals surface area contributed by atoms with Crippen LogP contribution in [0.15, 0.2) is 42.5 Å². The lowest BCUT2D eigenvalue weighted by atomic mass is 10.0. The molecule has 1 N–H and O–H groups in total.